The molecule has 3 N–H and O–H groups in total. The normalized spacial score (nSPS) is 13.4. The van der Waals surface area contributed by atoms with E-state index in [0.29, 0.717) is 5.70 Å². The number of rotatable bonds is 5. The number of hydrogen-bond donors (Lipinski definition) is 2. The Hall–Kier alpha value is -3.14. The summed E-state index contributed by atoms with van der Waals surface area (Å²) in [6.45, 7) is 13.8. The fraction of sp³-hybridized carbons (Fsp3) is 0.143. The van der Waals surface area contributed by atoms with Gasteiger partial charge in [0.1, 0.15) is 5.82 Å². The average molecular weight is 332 g/mol. The summed E-state index contributed by atoms with van der Waals surface area (Å²) in [5.41, 5.74) is 10.6. The smallest absolute Gasteiger partial charge is 0.130 e. The first-order chi connectivity index (χ1) is 12.0. The largest absolute Gasteiger partial charge is 0.402 e. The molecule has 2 aromatic heterocycles. The molecule has 0 amide bonds. The van der Waals surface area contributed by atoms with E-state index >= 15 is 0 Å². The lowest BCUT2D eigenvalue weighted by molar-refractivity contribution is 1.23. The van der Waals surface area contributed by atoms with Gasteiger partial charge in [0.2, 0.25) is 0 Å². The first-order valence-corrected chi connectivity index (χ1v) is 8.06. The van der Waals surface area contributed by atoms with Gasteiger partial charge in [-0.05, 0) is 61.4 Å². The monoisotopic (exact) mass is 332 g/mol. The molecule has 0 saturated carbocycles. The lowest BCUT2D eigenvalue weighted by Crippen LogP contribution is -2.30. The molecule has 2 heterocycles. The zero-order chi connectivity index (χ0) is 18.4. The van der Waals surface area contributed by atoms with Crippen LogP contribution in [0.25, 0.3) is 17.3 Å². The molecule has 128 valence electrons. The number of nitrogens with zero attached hydrogens (tertiary/aromatic N) is 2. The van der Waals surface area contributed by atoms with Crippen molar-refractivity contribution in [3.05, 3.63) is 83.3 Å². The van der Waals surface area contributed by atoms with Crippen LogP contribution in [-0.2, 0) is 0 Å². The van der Waals surface area contributed by atoms with Crippen LogP contribution in [0.1, 0.15) is 25.0 Å². The van der Waals surface area contributed by atoms with E-state index in [9.17, 15) is 0 Å². The Morgan fingerprint density at radius 2 is 2.08 bits per heavy atom. The molecule has 2 aromatic rings. The number of allylic oxidation sites excluding steroid dienone is 3. The number of aryl methyl sites for hydroxylation is 1. The third kappa shape index (κ3) is 4.44. The van der Waals surface area contributed by atoms with Crippen LogP contribution >= 0.6 is 0 Å². The van der Waals surface area contributed by atoms with Crippen LogP contribution in [0.2, 0.25) is 0 Å². The Bertz CT molecular complexity index is 948. The van der Waals surface area contributed by atoms with Crippen LogP contribution in [0.3, 0.4) is 0 Å². The van der Waals surface area contributed by atoms with E-state index in [1.54, 1.807) is 18.5 Å². The summed E-state index contributed by atoms with van der Waals surface area (Å²) in [6.07, 6.45) is 11.1. The van der Waals surface area contributed by atoms with Crippen LogP contribution < -0.4 is 21.5 Å². The molecule has 4 heteroatoms. The van der Waals surface area contributed by atoms with Crippen molar-refractivity contribution in [2.75, 3.05) is 5.32 Å². The molecule has 0 bridgehead atoms. The van der Waals surface area contributed by atoms with Gasteiger partial charge in [0.25, 0.3) is 0 Å². The first kappa shape index (κ1) is 18.2. The van der Waals surface area contributed by atoms with Crippen molar-refractivity contribution in [3.8, 4) is 0 Å². The predicted molar refractivity (Wildman–Crippen MR) is 107 cm³/mol. The van der Waals surface area contributed by atoms with Crippen LogP contribution in [0.5, 0.6) is 0 Å². The molecular weight excluding hydrogens is 308 g/mol. The van der Waals surface area contributed by atoms with Gasteiger partial charge in [0.15, 0.2) is 0 Å². The second kappa shape index (κ2) is 8.11. The zero-order valence-electron chi connectivity index (χ0n) is 15.0. The third-order valence-electron chi connectivity index (χ3n) is 3.88. The van der Waals surface area contributed by atoms with E-state index in [1.807, 2.05) is 51.3 Å². The number of anilines is 1. The molecule has 2 rings (SSSR count). The van der Waals surface area contributed by atoms with Crippen molar-refractivity contribution in [2.45, 2.75) is 20.8 Å². The highest BCUT2D eigenvalue weighted by Gasteiger charge is 2.02. The van der Waals surface area contributed by atoms with Gasteiger partial charge in [0.05, 0.1) is 0 Å². The third-order valence-corrected chi connectivity index (χ3v) is 3.88. The summed E-state index contributed by atoms with van der Waals surface area (Å²) in [7, 11) is 0. The van der Waals surface area contributed by atoms with Gasteiger partial charge < -0.3 is 11.1 Å². The Kier molecular flexibility index (Phi) is 5.90. The number of nitrogens with two attached hydrogens (primary N) is 1. The molecule has 0 aliphatic rings. The molecule has 0 saturated heterocycles. The van der Waals surface area contributed by atoms with Crippen molar-refractivity contribution in [1.82, 2.24) is 9.97 Å². The molecule has 0 spiro atoms. The maximum atomic E-state index is 6.03. The summed E-state index contributed by atoms with van der Waals surface area (Å²) in [5, 5.41) is 5.06. The highest BCUT2D eigenvalue weighted by Crippen LogP contribution is 2.16. The maximum absolute atomic E-state index is 6.03. The number of aromatic nitrogens is 2. The van der Waals surface area contributed by atoms with Crippen molar-refractivity contribution < 1.29 is 0 Å². The van der Waals surface area contributed by atoms with E-state index < -0.39 is 0 Å². The summed E-state index contributed by atoms with van der Waals surface area (Å²) in [5.74, 6) is 0.722. The maximum Gasteiger partial charge on any atom is 0.130 e. The molecule has 25 heavy (non-hydrogen) atoms. The second-order valence-corrected chi connectivity index (χ2v) is 5.77. The molecule has 0 radical (unpaired) electrons. The van der Waals surface area contributed by atoms with Crippen LogP contribution in [0.15, 0.2) is 61.7 Å². The molecule has 0 unspecified atom stereocenters. The van der Waals surface area contributed by atoms with Crippen LogP contribution in [0, 0.1) is 6.92 Å². The zero-order valence-corrected chi connectivity index (χ0v) is 15.0. The van der Waals surface area contributed by atoms with E-state index in [-0.39, 0.29) is 0 Å². The van der Waals surface area contributed by atoms with Crippen LogP contribution in [0.4, 0.5) is 5.82 Å². The van der Waals surface area contributed by atoms with Crippen molar-refractivity contribution in [1.29, 1.82) is 0 Å². The fourth-order valence-corrected chi connectivity index (χ4v) is 2.44. The summed E-state index contributed by atoms with van der Waals surface area (Å²) in [4.78, 5) is 8.62. The molecule has 0 fully saturated rings. The Balaban J connectivity index is 2.58. The molecule has 0 aliphatic carbocycles. The van der Waals surface area contributed by atoms with E-state index in [4.69, 9.17) is 5.73 Å². The van der Waals surface area contributed by atoms with Gasteiger partial charge >= 0.3 is 0 Å². The highest BCUT2D eigenvalue weighted by molar-refractivity contribution is 5.87. The highest BCUT2D eigenvalue weighted by atomic mass is 15.0. The molecule has 0 aromatic carbocycles. The Morgan fingerprint density at radius 3 is 2.68 bits per heavy atom. The number of pyridine rings is 2. The predicted octanol–water partition coefficient (Wildman–Crippen LogP) is 2.87. The second-order valence-electron chi connectivity index (χ2n) is 5.77. The van der Waals surface area contributed by atoms with Crippen LogP contribution in [-0.4, -0.2) is 9.97 Å². The minimum Gasteiger partial charge on any atom is -0.402 e. The van der Waals surface area contributed by atoms with Gasteiger partial charge in [-0.1, -0.05) is 19.2 Å². The van der Waals surface area contributed by atoms with Gasteiger partial charge in [-0.25, -0.2) is 4.98 Å². The minimum atomic E-state index is 0.705. The van der Waals surface area contributed by atoms with Crippen molar-refractivity contribution in [3.63, 3.8) is 0 Å². The lowest BCUT2D eigenvalue weighted by Gasteiger charge is -2.07. The molecular formula is C21H24N4. The minimum absolute atomic E-state index is 0.705. The van der Waals surface area contributed by atoms with E-state index in [0.717, 1.165) is 38.7 Å². The van der Waals surface area contributed by atoms with Crippen molar-refractivity contribution in [2.24, 2.45) is 5.73 Å². The summed E-state index contributed by atoms with van der Waals surface area (Å²) >= 11 is 0. The summed E-state index contributed by atoms with van der Waals surface area (Å²) < 4.78 is 0. The van der Waals surface area contributed by atoms with Gasteiger partial charge in [-0.2, -0.15) is 0 Å². The first-order valence-electron chi connectivity index (χ1n) is 8.06. The van der Waals surface area contributed by atoms with E-state index in [2.05, 4.69) is 28.4 Å². The standard InChI is InChI=1S/C21H24N4/c1-6-18(7-2)25-21-11-17(20(13-24-21)16(5)22)10-15(4)19-12-23-9-8-14(19)3/h6-13,25H,1,4,22H2,2-3,5H3/b17-10-,18-7+,20-16+. The SMILES string of the molecule is C=C/C(=C\C)Nc1cc(=C/C(=C)c2cnccc2C)/c(=C(\C)N)cn1. The van der Waals surface area contributed by atoms with Gasteiger partial charge in [0, 0.05) is 40.8 Å². The van der Waals surface area contributed by atoms with Crippen molar-refractivity contribution >= 4 is 23.2 Å². The fourth-order valence-electron chi connectivity index (χ4n) is 2.44. The van der Waals surface area contributed by atoms with Gasteiger partial charge in [-0.15, -0.1) is 0 Å². The molecule has 4 nitrogen and oxygen atoms in total. The Labute approximate surface area is 148 Å². The Morgan fingerprint density at radius 1 is 1.32 bits per heavy atom. The lowest BCUT2D eigenvalue weighted by atomic mass is 10.0. The number of hydrogen-bond acceptors (Lipinski definition) is 4. The van der Waals surface area contributed by atoms with Gasteiger partial charge in [-0.3, -0.25) is 4.98 Å². The topological polar surface area (TPSA) is 63.8 Å². The number of nitrogens with one attached hydrogen (secondary N) is 1. The summed E-state index contributed by atoms with van der Waals surface area (Å²) in [6, 6.07) is 3.92. The quantitative estimate of drug-likeness (QED) is 0.827. The molecule has 0 aliphatic heterocycles. The van der Waals surface area contributed by atoms with E-state index in [1.165, 1.54) is 0 Å². The average Bonchev–Trinajstić information content (AvgIpc) is 2.59. The molecule has 0 atom stereocenters.